The number of carbonyl (C=O) groups is 1. The predicted octanol–water partition coefficient (Wildman–Crippen LogP) is 2.97. The smallest absolute Gasteiger partial charge is 0.226 e. The Bertz CT molecular complexity index is 724. The zero-order valence-electron chi connectivity index (χ0n) is 13.2. The summed E-state index contributed by atoms with van der Waals surface area (Å²) in [5.74, 6) is 0.479. The molecule has 0 atom stereocenters. The number of carbonyl (C=O) groups excluding carboxylic acids is 1. The Morgan fingerprint density at radius 1 is 1.09 bits per heavy atom. The molecule has 1 aromatic heterocycles. The number of amides is 1. The molecule has 23 heavy (non-hydrogen) atoms. The van der Waals surface area contributed by atoms with Gasteiger partial charge in [-0.15, -0.1) is 0 Å². The lowest BCUT2D eigenvalue weighted by Crippen LogP contribution is -2.37. The third kappa shape index (κ3) is 2.69. The molecule has 1 N–H and O–H groups in total. The molecule has 0 spiro atoms. The standard InChI is InChI=1S/C19H21N3O/c23-19(15-8-4-5-9-15)22-12-10-16-17(11-13-22)20-21-18(16)14-6-2-1-3-7-14/h1-7,15H,8-13H2,(H,20,21). The Morgan fingerprint density at radius 2 is 1.83 bits per heavy atom. The highest BCUT2D eigenvalue weighted by atomic mass is 16.2. The van der Waals surface area contributed by atoms with Crippen molar-refractivity contribution in [3.05, 3.63) is 53.7 Å². The second kappa shape index (κ2) is 6.03. The maximum absolute atomic E-state index is 12.6. The van der Waals surface area contributed by atoms with Crippen molar-refractivity contribution in [2.45, 2.75) is 25.7 Å². The zero-order valence-corrected chi connectivity index (χ0v) is 13.2. The lowest BCUT2D eigenvalue weighted by molar-refractivity contribution is -0.135. The minimum absolute atomic E-state index is 0.165. The molecule has 1 aromatic carbocycles. The molecule has 0 radical (unpaired) electrons. The SMILES string of the molecule is O=C(C1CC=CC1)N1CCc2[nH]nc(-c3ccccc3)c2CC1. The van der Waals surface area contributed by atoms with Gasteiger partial charge in [-0.3, -0.25) is 9.89 Å². The summed E-state index contributed by atoms with van der Waals surface area (Å²) in [5.41, 5.74) is 4.64. The molecule has 4 nitrogen and oxygen atoms in total. The van der Waals surface area contributed by atoms with Crippen molar-refractivity contribution in [1.29, 1.82) is 0 Å². The van der Waals surface area contributed by atoms with Gasteiger partial charge in [0.1, 0.15) is 0 Å². The zero-order chi connectivity index (χ0) is 15.6. The van der Waals surface area contributed by atoms with E-state index in [1.54, 1.807) is 0 Å². The van der Waals surface area contributed by atoms with E-state index in [2.05, 4.69) is 34.5 Å². The number of nitrogens with zero attached hydrogens (tertiary/aromatic N) is 2. The van der Waals surface area contributed by atoms with E-state index in [-0.39, 0.29) is 5.92 Å². The molecule has 0 saturated carbocycles. The minimum Gasteiger partial charge on any atom is -0.342 e. The van der Waals surface area contributed by atoms with Crippen molar-refractivity contribution in [3.8, 4) is 11.3 Å². The fourth-order valence-corrected chi connectivity index (χ4v) is 3.61. The normalized spacial score (nSPS) is 18.0. The molecule has 4 rings (SSSR count). The Labute approximate surface area is 136 Å². The van der Waals surface area contributed by atoms with E-state index >= 15 is 0 Å². The molecule has 1 amide bonds. The molecule has 4 heteroatoms. The van der Waals surface area contributed by atoms with Gasteiger partial charge in [0.25, 0.3) is 0 Å². The van der Waals surface area contributed by atoms with Gasteiger partial charge in [-0.2, -0.15) is 5.10 Å². The van der Waals surface area contributed by atoms with Crippen molar-refractivity contribution >= 4 is 5.91 Å². The summed E-state index contributed by atoms with van der Waals surface area (Å²) in [6.07, 6.45) is 7.79. The van der Waals surface area contributed by atoms with Gasteiger partial charge in [-0.05, 0) is 19.3 Å². The first-order chi connectivity index (χ1) is 11.3. The van der Waals surface area contributed by atoms with Crippen LogP contribution in [0.2, 0.25) is 0 Å². The van der Waals surface area contributed by atoms with E-state index in [1.165, 1.54) is 11.3 Å². The molecular formula is C19H21N3O. The van der Waals surface area contributed by atoms with E-state index in [1.807, 2.05) is 23.1 Å². The van der Waals surface area contributed by atoms with Crippen molar-refractivity contribution in [1.82, 2.24) is 15.1 Å². The molecule has 0 unspecified atom stereocenters. The average molecular weight is 307 g/mol. The van der Waals surface area contributed by atoms with Crippen LogP contribution in [0.3, 0.4) is 0 Å². The van der Waals surface area contributed by atoms with Crippen LogP contribution < -0.4 is 0 Å². The topological polar surface area (TPSA) is 49.0 Å². The second-order valence-electron chi connectivity index (χ2n) is 6.36. The number of aromatic amines is 1. The van der Waals surface area contributed by atoms with Gasteiger partial charge in [0.2, 0.25) is 5.91 Å². The first-order valence-electron chi connectivity index (χ1n) is 8.38. The van der Waals surface area contributed by atoms with E-state index < -0.39 is 0 Å². The summed E-state index contributed by atoms with van der Waals surface area (Å²) in [7, 11) is 0. The summed E-state index contributed by atoms with van der Waals surface area (Å²) < 4.78 is 0. The number of nitrogens with one attached hydrogen (secondary N) is 1. The molecule has 1 aliphatic heterocycles. The van der Waals surface area contributed by atoms with Crippen LogP contribution in [0.25, 0.3) is 11.3 Å². The number of fused-ring (bicyclic) bond motifs is 1. The van der Waals surface area contributed by atoms with Crippen LogP contribution >= 0.6 is 0 Å². The number of benzene rings is 1. The van der Waals surface area contributed by atoms with Gasteiger partial charge in [0.05, 0.1) is 5.69 Å². The minimum atomic E-state index is 0.165. The monoisotopic (exact) mass is 307 g/mol. The number of rotatable bonds is 2. The van der Waals surface area contributed by atoms with E-state index in [4.69, 9.17) is 0 Å². The van der Waals surface area contributed by atoms with Crippen molar-refractivity contribution in [2.24, 2.45) is 5.92 Å². The maximum Gasteiger partial charge on any atom is 0.226 e. The fourth-order valence-electron chi connectivity index (χ4n) is 3.61. The van der Waals surface area contributed by atoms with Gasteiger partial charge < -0.3 is 4.90 Å². The molecule has 118 valence electrons. The Morgan fingerprint density at radius 3 is 2.61 bits per heavy atom. The summed E-state index contributed by atoms with van der Waals surface area (Å²) in [5, 5.41) is 7.71. The van der Waals surface area contributed by atoms with Crippen molar-refractivity contribution in [2.75, 3.05) is 13.1 Å². The Kier molecular flexibility index (Phi) is 3.74. The van der Waals surface area contributed by atoms with Crippen LogP contribution in [0.4, 0.5) is 0 Å². The van der Waals surface area contributed by atoms with Crippen LogP contribution in [0, 0.1) is 5.92 Å². The molecular weight excluding hydrogens is 286 g/mol. The van der Waals surface area contributed by atoms with Crippen LogP contribution in [0.1, 0.15) is 24.1 Å². The predicted molar refractivity (Wildman–Crippen MR) is 89.9 cm³/mol. The highest BCUT2D eigenvalue weighted by Crippen LogP contribution is 2.28. The quantitative estimate of drug-likeness (QED) is 0.867. The number of allylic oxidation sites excluding steroid dienone is 2. The summed E-state index contributed by atoms with van der Waals surface area (Å²) in [4.78, 5) is 14.7. The second-order valence-corrected chi connectivity index (χ2v) is 6.36. The summed E-state index contributed by atoms with van der Waals surface area (Å²) in [6.45, 7) is 1.58. The van der Waals surface area contributed by atoms with Crippen LogP contribution in [-0.4, -0.2) is 34.1 Å². The lowest BCUT2D eigenvalue weighted by Gasteiger charge is -2.23. The van der Waals surface area contributed by atoms with E-state index in [0.29, 0.717) is 5.91 Å². The van der Waals surface area contributed by atoms with Gasteiger partial charge >= 0.3 is 0 Å². The molecule has 0 fully saturated rings. The van der Waals surface area contributed by atoms with Gasteiger partial charge in [-0.25, -0.2) is 0 Å². The first-order valence-corrected chi connectivity index (χ1v) is 8.38. The largest absolute Gasteiger partial charge is 0.342 e. The lowest BCUT2D eigenvalue weighted by atomic mass is 10.0. The van der Waals surface area contributed by atoms with Crippen molar-refractivity contribution in [3.63, 3.8) is 0 Å². The molecule has 2 aromatic rings. The van der Waals surface area contributed by atoms with E-state index in [9.17, 15) is 4.79 Å². The van der Waals surface area contributed by atoms with Gasteiger partial charge in [0.15, 0.2) is 0 Å². The third-order valence-corrected chi connectivity index (χ3v) is 4.93. The number of H-pyrrole nitrogens is 1. The molecule has 2 aliphatic rings. The highest BCUT2D eigenvalue weighted by molar-refractivity contribution is 5.80. The number of hydrogen-bond acceptors (Lipinski definition) is 2. The number of aromatic nitrogens is 2. The highest BCUT2D eigenvalue weighted by Gasteiger charge is 2.27. The van der Waals surface area contributed by atoms with Crippen LogP contribution in [-0.2, 0) is 17.6 Å². The van der Waals surface area contributed by atoms with Crippen molar-refractivity contribution < 1.29 is 4.79 Å². The Balaban J connectivity index is 1.53. The molecule has 0 bridgehead atoms. The number of hydrogen-bond donors (Lipinski definition) is 1. The van der Waals surface area contributed by atoms with Crippen LogP contribution in [0.15, 0.2) is 42.5 Å². The molecule has 1 aliphatic carbocycles. The van der Waals surface area contributed by atoms with Gasteiger partial charge in [0, 0.05) is 42.2 Å². The third-order valence-electron chi connectivity index (χ3n) is 4.93. The average Bonchev–Trinajstić information content (AvgIpc) is 3.21. The first kappa shape index (κ1) is 14.2. The summed E-state index contributed by atoms with van der Waals surface area (Å²) in [6, 6.07) is 10.3. The van der Waals surface area contributed by atoms with Crippen LogP contribution in [0.5, 0.6) is 0 Å². The molecule has 0 saturated heterocycles. The maximum atomic E-state index is 12.6. The summed E-state index contributed by atoms with van der Waals surface area (Å²) >= 11 is 0. The fraction of sp³-hybridized carbons (Fsp3) is 0.368. The van der Waals surface area contributed by atoms with E-state index in [0.717, 1.165) is 50.0 Å². The van der Waals surface area contributed by atoms with Gasteiger partial charge in [-0.1, -0.05) is 42.5 Å². The Hall–Kier alpha value is -2.36. The molecule has 2 heterocycles.